The standard InChI is InChI=1S/C30H40Cl2N2O3/c1-21-25(31)10-11-26(27(21)32)36-24-14-16-33(17-15-24)20-22-12-18-34(19-13-22)28(23-8-6-5-7-9-23)29(35)37-30(2,3)4/h5-11,22,24,28H,12-20H2,1-4H3/t28-/m0/s1. The summed E-state index contributed by atoms with van der Waals surface area (Å²) in [4.78, 5) is 18.0. The first-order valence-corrected chi connectivity index (χ1v) is 14.2. The Labute approximate surface area is 232 Å². The number of benzene rings is 2. The largest absolute Gasteiger partial charge is 0.489 e. The molecule has 202 valence electrons. The summed E-state index contributed by atoms with van der Waals surface area (Å²) in [6, 6.07) is 13.4. The zero-order valence-corrected chi connectivity index (χ0v) is 24.0. The van der Waals surface area contributed by atoms with E-state index in [-0.39, 0.29) is 18.1 Å². The number of esters is 1. The second-order valence-electron chi connectivity index (χ2n) is 11.4. The van der Waals surface area contributed by atoms with Gasteiger partial charge in [0, 0.05) is 24.7 Å². The minimum atomic E-state index is -0.504. The van der Waals surface area contributed by atoms with Crippen LogP contribution in [0.1, 0.15) is 63.6 Å². The molecule has 0 spiro atoms. The summed E-state index contributed by atoms with van der Waals surface area (Å²) in [5, 5.41) is 1.28. The Bertz CT molecular complexity index is 1040. The van der Waals surface area contributed by atoms with Crippen LogP contribution in [0.3, 0.4) is 0 Å². The Morgan fingerprint density at radius 3 is 2.24 bits per heavy atom. The molecule has 37 heavy (non-hydrogen) atoms. The van der Waals surface area contributed by atoms with Crippen LogP contribution in [0, 0.1) is 12.8 Å². The number of piperidine rings is 2. The summed E-state index contributed by atoms with van der Waals surface area (Å²) >= 11 is 12.6. The Hall–Kier alpha value is -1.79. The van der Waals surface area contributed by atoms with E-state index in [1.165, 1.54) is 0 Å². The first-order valence-electron chi connectivity index (χ1n) is 13.5. The second-order valence-corrected chi connectivity index (χ2v) is 12.2. The highest BCUT2D eigenvalue weighted by atomic mass is 35.5. The monoisotopic (exact) mass is 546 g/mol. The molecule has 2 aliphatic rings. The van der Waals surface area contributed by atoms with Gasteiger partial charge in [-0.25, -0.2) is 4.79 Å². The molecule has 2 heterocycles. The van der Waals surface area contributed by atoms with E-state index in [2.05, 4.69) is 9.80 Å². The minimum Gasteiger partial charge on any atom is -0.489 e. The summed E-state index contributed by atoms with van der Waals surface area (Å²) in [6.07, 6.45) is 4.33. The van der Waals surface area contributed by atoms with Gasteiger partial charge in [0.1, 0.15) is 23.5 Å². The number of rotatable bonds is 7. The highest BCUT2D eigenvalue weighted by Crippen LogP contribution is 2.35. The van der Waals surface area contributed by atoms with Crippen molar-refractivity contribution in [2.45, 2.75) is 71.1 Å². The third-order valence-corrected chi connectivity index (χ3v) is 8.27. The Balaban J connectivity index is 1.27. The highest BCUT2D eigenvalue weighted by Gasteiger charge is 2.35. The molecule has 2 aromatic rings. The van der Waals surface area contributed by atoms with Gasteiger partial charge >= 0.3 is 5.97 Å². The topological polar surface area (TPSA) is 42.0 Å². The maximum Gasteiger partial charge on any atom is 0.328 e. The van der Waals surface area contributed by atoms with Gasteiger partial charge in [0.25, 0.3) is 0 Å². The quantitative estimate of drug-likeness (QED) is 0.352. The SMILES string of the molecule is Cc1c(Cl)ccc(OC2CCN(CC3CCN([C@H](C(=O)OC(C)(C)C)c4ccccc4)CC3)CC2)c1Cl. The van der Waals surface area contributed by atoms with E-state index < -0.39 is 5.60 Å². The van der Waals surface area contributed by atoms with Crippen LogP contribution in [0.2, 0.25) is 10.0 Å². The minimum absolute atomic E-state index is 0.157. The molecular weight excluding hydrogens is 507 g/mol. The van der Waals surface area contributed by atoms with Crippen molar-refractivity contribution in [1.29, 1.82) is 0 Å². The number of nitrogens with zero attached hydrogens (tertiary/aromatic N) is 2. The van der Waals surface area contributed by atoms with Gasteiger partial charge in [0.05, 0.1) is 5.02 Å². The third-order valence-electron chi connectivity index (χ3n) is 7.39. The lowest BCUT2D eigenvalue weighted by molar-refractivity contribution is -0.162. The molecular formula is C30H40Cl2N2O3. The van der Waals surface area contributed by atoms with E-state index in [9.17, 15) is 4.79 Å². The van der Waals surface area contributed by atoms with Crippen molar-refractivity contribution in [2.24, 2.45) is 5.92 Å². The fourth-order valence-electron chi connectivity index (χ4n) is 5.36. The first-order chi connectivity index (χ1) is 17.6. The van der Waals surface area contributed by atoms with Crippen LogP contribution in [-0.4, -0.2) is 60.2 Å². The zero-order chi connectivity index (χ0) is 26.6. The van der Waals surface area contributed by atoms with Crippen molar-refractivity contribution in [3.05, 3.63) is 63.6 Å². The molecule has 2 fully saturated rings. The maximum absolute atomic E-state index is 13.2. The van der Waals surface area contributed by atoms with Crippen LogP contribution in [0.15, 0.2) is 42.5 Å². The first kappa shape index (κ1) is 28.2. The lowest BCUT2D eigenvalue weighted by atomic mass is 9.92. The van der Waals surface area contributed by atoms with E-state index in [0.717, 1.165) is 75.3 Å². The molecule has 2 aromatic carbocycles. The molecule has 2 saturated heterocycles. The lowest BCUT2D eigenvalue weighted by Gasteiger charge is -2.40. The van der Waals surface area contributed by atoms with Crippen LogP contribution in [-0.2, 0) is 9.53 Å². The van der Waals surface area contributed by atoms with Gasteiger partial charge in [-0.1, -0.05) is 53.5 Å². The predicted octanol–water partition coefficient (Wildman–Crippen LogP) is 6.94. The molecule has 0 bridgehead atoms. The van der Waals surface area contributed by atoms with Crippen molar-refractivity contribution in [3.8, 4) is 5.75 Å². The van der Waals surface area contributed by atoms with Crippen molar-refractivity contribution in [3.63, 3.8) is 0 Å². The van der Waals surface area contributed by atoms with Gasteiger partial charge in [-0.2, -0.15) is 0 Å². The number of hydrogen-bond donors (Lipinski definition) is 0. The van der Waals surface area contributed by atoms with Crippen LogP contribution < -0.4 is 4.74 Å². The molecule has 0 radical (unpaired) electrons. The second kappa shape index (κ2) is 12.4. The van der Waals surface area contributed by atoms with Gasteiger partial charge in [0.15, 0.2) is 0 Å². The Kier molecular flexibility index (Phi) is 9.44. The summed E-state index contributed by atoms with van der Waals surface area (Å²) < 4.78 is 12.0. The van der Waals surface area contributed by atoms with Crippen molar-refractivity contribution in [2.75, 3.05) is 32.7 Å². The molecule has 1 atom stereocenters. The average molecular weight is 548 g/mol. The molecule has 0 amide bonds. The Morgan fingerprint density at radius 2 is 1.62 bits per heavy atom. The summed E-state index contributed by atoms with van der Waals surface area (Å²) in [7, 11) is 0. The average Bonchev–Trinajstić information content (AvgIpc) is 2.86. The predicted molar refractivity (Wildman–Crippen MR) is 151 cm³/mol. The number of likely N-dealkylation sites (tertiary alicyclic amines) is 2. The molecule has 0 saturated carbocycles. The van der Waals surface area contributed by atoms with Gasteiger partial charge < -0.3 is 14.4 Å². The van der Waals surface area contributed by atoms with Gasteiger partial charge in [-0.15, -0.1) is 0 Å². The smallest absolute Gasteiger partial charge is 0.328 e. The third kappa shape index (κ3) is 7.63. The zero-order valence-electron chi connectivity index (χ0n) is 22.5. The van der Waals surface area contributed by atoms with Crippen LogP contribution in [0.5, 0.6) is 5.75 Å². The van der Waals surface area contributed by atoms with Gasteiger partial charge in [0.2, 0.25) is 0 Å². The molecule has 7 heteroatoms. The fourth-order valence-corrected chi connectivity index (χ4v) is 5.78. The molecule has 0 N–H and O–H groups in total. The fraction of sp³-hybridized carbons (Fsp3) is 0.567. The normalized spacial score (nSPS) is 19.5. The number of carbonyl (C=O) groups is 1. The summed E-state index contributed by atoms with van der Waals surface area (Å²) in [6.45, 7) is 12.7. The molecule has 2 aliphatic heterocycles. The molecule has 4 rings (SSSR count). The number of halogens is 2. The van der Waals surface area contributed by atoms with Crippen molar-refractivity contribution >= 4 is 29.2 Å². The molecule has 5 nitrogen and oxygen atoms in total. The van der Waals surface area contributed by atoms with E-state index in [4.69, 9.17) is 32.7 Å². The summed E-state index contributed by atoms with van der Waals surface area (Å²) in [5.74, 6) is 1.21. The van der Waals surface area contributed by atoms with Crippen molar-refractivity contribution in [1.82, 2.24) is 9.80 Å². The van der Waals surface area contributed by atoms with Gasteiger partial charge in [-0.05, 0) is 95.6 Å². The lowest BCUT2D eigenvalue weighted by Crippen LogP contribution is -2.45. The van der Waals surface area contributed by atoms with Crippen LogP contribution in [0.4, 0.5) is 0 Å². The van der Waals surface area contributed by atoms with E-state index in [1.54, 1.807) is 0 Å². The Morgan fingerprint density at radius 1 is 0.973 bits per heavy atom. The number of ether oxygens (including phenoxy) is 2. The molecule has 0 unspecified atom stereocenters. The maximum atomic E-state index is 13.2. The van der Waals surface area contributed by atoms with Crippen molar-refractivity contribution < 1.29 is 14.3 Å². The van der Waals surface area contributed by atoms with Crippen LogP contribution >= 0.6 is 23.2 Å². The molecule has 0 aromatic heterocycles. The highest BCUT2D eigenvalue weighted by molar-refractivity contribution is 6.36. The van der Waals surface area contributed by atoms with Crippen LogP contribution in [0.25, 0.3) is 0 Å². The van der Waals surface area contributed by atoms with Gasteiger partial charge in [-0.3, -0.25) is 4.90 Å². The number of hydrogen-bond acceptors (Lipinski definition) is 5. The van der Waals surface area contributed by atoms with E-state index in [0.29, 0.717) is 16.0 Å². The number of carbonyl (C=O) groups excluding carboxylic acids is 1. The van der Waals surface area contributed by atoms with E-state index >= 15 is 0 Å². The van der Waals surface area contributed by atoms with E-state index in [1.807, 2.05) is 70.2 Å². The molecule has 0 aliphatic carbocycles. The summed E-state index contributed by atoms with van der Waals surface area (Å²) in [5.41, 5.74) is 1.37.